The lowest BCUT2D eigenvalue weighted by Crippen LogP contribution is -2.55. The third-order valence-corrected chi connectivity index (χ3v) is 9.70. The predicted molar refractivity (Wildman–Crippen MR) is 201 cm³/mol. The van der Waals surface area contributed by atoms with E-state index in [1.165, 1.54) is 12.1 Å². The number of esters is 1. The molecular weight excluding hydrogens is 798 g/mol. The molecule has 2 saturated heterocycles. The Morgan fingerprint density at radius 1 is 0.698 bits per heavy atom. The summed E-state index contributed by atoms with van der Waals surface area (Å²) in [6, 6.07) is 9.49. The summed E-state index contributed by atoms with van der Waals surface area (Å²) in [6.07, 6.45) is 0. The number of halogens is 5. The van der Waals surface area contributed by atoms with Crippen LogP contribution < -0.4 is 10.6 Å². The van der Waals surface area contributed by atoms with Gasteiger partial charge in [0.05, 0.1) is 53.0 Å². The van der Waals surface area contributed by atoms with E-state index in [1.54, 1.807) is 65.8 Å². The highest BCUT2D eigenvalue weighted by Gasteiger charge is 2.51. The minimum absolute atomic E-state index is 0.106. The summed E-state index contributed by atoms with van der Waals surface area (Å²) in [5, 5.41) is 17.1. The maximum Gasteiger partial charge on any atom is 0.316 e. The molecule has 2 amide bonds. The minimum Gasteiger partial charge on any atom is -0.509 e. The molecule has 2 fully saturated rings. The van der Waals surface area contributed by atoms with Crippen molar-refractivity contribution in [1.82, 2.24) is 10.6 Å². The number of ether oxygens (including phenoxy) is 5. The van der Waals surface area contributed by atoms with Crippen LogP contribution in [0.5, 0.6) is 0 Å². The lowest BCUT2D eigenvalue weighted by atomic mass is 9.94. The Morgan fingerprint density at radius 2 is 1.09 bits per heavy atom. The molecule has 2 aromatic rings. The number of amides is 2. The van der Waals surface area contributed by atoms with Crippen molar-refractivity contribution in [1.29, 1.82) is 0 Å². The Kier molecular flexibility index (Phi) is 13.6. The van der Waals surface area contributed by atoms with Crippen LogP contribution in [0.4, 0.5) is 0 Å². The molecule has 0 aromatic heterocycles. The van der Waals surface area contributed by atoms with Crippen molar-refractivity contribution in [2.75, 3.05) is 40.0 Å². The molecule has 4 aliphatic heterocycles. The molecule has 288 valence electrons. The topological polar surface area (TPSA) is 159 Å². The molecule has 0 bridgehead atoms. The number of carbonyl (C=O) groups excluding carboxylic acids is 4. The molecule has 0 aliphatic carbocycles. The van der Waals surface area contributed by atoms with E-state index in [0.29, 0.717) is 26.2 Å². The van der Waals surface area contributed by atoms with Crippen molar-refractivity contribution in [2.24, 2.45) is 10.8 Å². The maximum atomic E-state index is 12.8. The summed E-state index contributed by atoms with van der Waals surface area (Å²) < 4.78 is 26.8. The first-order valence-corrected chi connectivity index (χ1v) is 18.0. The van der Waals surface area contributed by atoms with Gasteiger partial charge in [0, 0.05) is 26.6 Å². The van der Waals surface area contributed by atoms with Crippen LogP contribution in [-0.4, -0.2) is 79.2 Å². The standard InChI is InChI=1S/C18H19Cl2NO5.C13H11Cl2NO4.C5H9ClO/c1-17(2,3)16(23)26-14-13(11-5-4-10(19)6-12(11)20)15(22)21-18(14)7-24-9-25-8-18;14-7-1-2-8(9(15)3-7)10-11(17)13(16-12(10)18)4-19-6-20-5-13;1-5(2,3)4(6)7/h4-6H,7-9H2,1-3H3,(H,21,22);1-3,17H,4-6H2,(H,16,18);1-3H3. The summed E-state index contributed by atoms with van der Waals surface area (Å²) in [7, 11) is 0. The fourth-order valence-corrected chi connectivity index (χ4v) is 6.12. The zero-order valence-electron chi connectivity index (χ0n) is 29.7. The summed E-state index contributed by atoms with van der Waals surface area (Å²) in [4.78, 5) is 47.7. The second kappa shape index (κ2) is 16.8. The molecular formula is C36H39Cl5N2O10. The van der Waals surface area contributed by atoms with Gasteiger partial charge in [0.2, 0.25) is 5.24 Å². The molecule has 53 heavy (non-hydrogen) atoms. The highest BCUT2D eigenvalue weighted by atomic mass is 35.5. The first-order chi connectivity index (χ1) is 24.6. The number of hydrogen-bond acceptors (Lipinski definition) is 10. The van der Waals surface area contributed by atoms with Crippen LogP contribution in [0.1, 0.15) is 52.7 Å². The third-order valence-electron chi connectivity index (χ3n) is 8.04. The van der Waals surface area contributed by atoms with Crippen molar-refractivity contribution in [2.45, 2.75) is 52.6 Å². The van der Waals surface area contributed by atoms with E-state index in [9.17, 15) is 24.3 Å². The van der Waals surface area contributed by atoms with Crippen molar-refractivity contribution in [3.63, 3.8) is 0 Å². The van der Waals surface area contributed by atoms with Crippen molar-refractivity contribution < 1.29 is 48.0 Å². The van der Waals surface area contributed by atoms with Crippen LogP contribution in [0.2, 0.25) is 20.1 Å². The number of benzene rings is 2. The van der Waals surface area contributed by atoms with Gasteiger partial charge in [0.1, 0.15) is 30.4 Å². The summed E-state index contributed by atoms with van der Waals surface area (Å²) in [5.41, 5.74) is -2.09. The molecule has 0 unspecified atom stereocenters. The predicted octanol–water partition coefficient (Wildman–Crippen LogP) is 7.10. The summed E-state index contributed by atoms with van der Waals surface area (Å²) >= 11 is 29.3. The molecule has 0 saturated carbocycles. The molecule has 4 aliphatic rings. The average Bonchev–Trinajstić information content (AvgIpc) is 3.44. The number of hydrogen-bond donors (Lipinski definition) is 3. The highest BCUT2D eigenvalue weighted by molar-refractivity contribution is 6.64. The number of aliphatic hydroxyl groups is 1. The Hall–Kier alpha value is -2.91. The largest absolute Gasteiger partial charge is 0.509 e. The van der Waals surface area contributed by atoms with Crippen LogP contribution in [0.25, 0.3) is 11.1 Å². The highest BCUT2D eigenvalue weighted by Crippen LogP contribution is 2.41. The van der Waals surface area contributed by atoms with E-state index >= 15 is 0 Å². The Bertz CT molecular complexity index is 1840. The molecule has 2 aromatic carbocycles. The quantitative estimate of drug-likeness (QED) is 0.215. The smallest absolute Gasteiger partial charge is 0.316 e. The summed E-state index contributed by atoms with van der Waals surface area (Å²) in [6.45, 7) is 11.3. The second-order valence-electron chi connectivity index (χ2n) is 14.5. The van der Waals surface area contributed by atoms with Crippen molar-refractivity contribution in [3.8, 4) is 0 Å². The van der Waals surface area contributed by atoms with Gasteiger partial charge in [0.15, 0.2) is 5.76 Å². The van der Waals surface area contributed by atoms with E-state index in [4.69, 9.17) is 81.7 Å². The third kappa shape index (κ3) is 9.86. The molecule has 0 radical (unpaired) electrons. The van der Waals surface area contributed by atoms with E-state index in [0.717, 1.165) is 0 Å². The zero-order valence-corrected chi connectivity index (χ0v) is 33.5. The Balaban J connectivity index is 0.000000205. The molecule has 2 spiro atoms. The monoisotopic (exact) mass is 834 g/mol. The molecule has 3 N–H and O–H groups in total. The van der Waals surface area contributed by atoms with E-state index in [2.05, 4.69) is 10.6 Å². The lowest BCUT2D eigenvalue weighted by Gasteiger charge is -2.35. The van der Waals surface area contributed by atoms with Gasteiger partial charge < -0.3 is 39.4 Å². The van der Waals surface area contributed by atoms with Crippen LogP contribution in [0, 0.1) is 10.8 Å². The molecule has 0 atom stereocenters. The summed E-state index contributed by atoms with van der Waals surface area (Å²) in [5.74, 6) is -1.27. The van der Waals surface area contributed by atoms with E-state index in [1.807, 2.05) is 0 Å². The number of aliphatic hydroxyl groups excluding tert-OH is 1. The van der Waals surface area contributed by atoms with Gasteiger partial charge in [0.25, 0.3) is 11.8 Å². The van der Waals surface area contributed by atoms with Crippen LogP contribution >= 0.6 is 58.0 Å². The first-order valence-electron chi connectivity index (χ1n) is 16.1. The van der Waals surface area contributed by atoms with E-state index < -0.39 is 34.3 Å². The van der Waals surface area contributed by atoms with Crippen LogP contribution in [0.3, 0.4) is 0 Å². The SMILES string of the molecule is CC(C)(C)C(=O)Cl.CC(C)(C)C(=O)OC1=C(c2ccc(Cl)cc2Cl)C(=O)NC12COCOC2.O=C1NC2(COCOC2)C(O)=C1c1ccc(Cl)cc1Cl. The molecule has 12 nitrogen and oxygen atoms in total. The number of rotatable bonds is 3. The van der Waals surface area contributed by atoms with Crippen LogP contribution in [0.15, 0.2) is 47.9 Å². The first kappa shape index (κ1) is 42.8. The normalized spacial score (nSPS) is 19.2. The van der Waals surface area contributed by atoms with Crippen molar-refractivity contribution in [3.05, 3.63) is 79.1 Å². The Labute approximate surface area is 331 Å². The maximum absolute atomic E-state index is 12.8. The fourth-order valence-electron chi connectivity index (χ4n) is 5.12. The van der Waals surface area contributed by atoms with Gasteiger partial charge in [-0.25, -0.2) is 0 Å². The Morgan fingerprint density at radius 3 is 1.51 bits per heavy atom. The number of nitrogens with one attached hydrogen (secondary N) is 2. The number of carbonyl (C=O) groups is 4. The van der Waals surface area contributed by atoms with Gasteiger partial charge in [-0.3, -0.25) is 19.2 Å². The van der Waals surface area contributed by atoms with Gasteiger partial charge in [-0.2, -0.15) is 0 Å². The average molecular weight is 837 g/mol. The van der Waals surface area contributed by atoms with Crippen molar-refractivity contribution >= 4 is 92.2 Å². The molecule has 4 heterocycles. The fraction of sp³-hybridized carbons (Fsp3) is 0.444. The molecule has 17 heteroatoms. The van der Waals surface area contributed by atoms with Gasteiger partial charge in [-0.15, -0.1) is 0 Å². The van der Waals surface area contributed by atoms with Gasteiger partial charge in [-0.05, 0) is 56.6 Å². The van der Waals surface area contributed by atoms with Gasteiger partial charge in [-0.1, -0.05) is 79.3 Å². The second-order valence-corrected chi connectivity index (χ2v) is 16.6. The molecule has 6 rings (SSSR count). The lowest BCUT2D eigenvalue weighted by molar-refractivity contribution is -0.160. The minimum atomic E-state index is -1.07. The van der Waals surface area contributed by atoms with Gasteiger partial charge >= 0.3 is 5.97 Å². The zero-order chi connectivity index (χ0) is 39.5. The van der Waals surface area contributed by atoms with Crippen LogP contribution in [-0.2, 0) is 42.9 Å². The van der Waals surface area contributed by atoms with E-state index in [-0.39, 0.29) is 78.4 Å².